The molecule has 1 aromatic heterocycles. The van der Waals surface area contributed by atoms with Crippen LogP contribution in [0.2, 0.25) is 0 Å². The maximum atomic E-state index is 3.34. The van der Waals surface area contributed by atoms with Crippen LogP contribution in [0.1, 0.15) is 19.3 Å². The summed E-state index contributed by atoms with van der Waals surface area (Å²) in [6.07, 6.45) is 9.31. The summed E-state index contributed by atoms with van der Waals surface area (Å²) >= 11 is 0. The molecule has 0 aromatic carbocycles. The van der Waals surface area contributed by atoms with E-state index in [1.54, 1.807) is 0 Å². The van der Waals surface area contributed by atoms with E-state index in [0.29, 0.717) is 0 Å². The van der Waals surface area contributed by atoms with Gasteiger partial charge in [0.2, 0.25) is 0 Å². The number of aromatic nitrogens is 1. The average molecular weight is 167 g/mol. The van der Waals surface area contributed by atoms with E-state index >= 15 is 0 Å². The fraction of sp³-hybridized carbons (Fsp3) is 0.556. The Balaban J connectivity index is 2.04. The molecule has 1 nitrogen and oxygen atoms in total. The Kier molecular flexibility index (Phi) is 2.28. The lowest BCUT2D eigenvalue weighted by molar-refractivity contribution is 0.755. The summed E-state index contributed by atoms with van der Waals surface area (Å²) in [5, 5.41) is 0. The quantitative estimate of drug-likeness (QED) is 0.618. The Labute approximate surface area is 69.0 Å². The van der Waals surface area contributed by atoms with Crippen LogP contribution < -0.4 is 5.44 Å². The third-order valence-electron chi connectivity index (χ3n) is 2.28. The number of rotatable bonds is 1. The normalized spacial score (nSPS) is 20.4. The summed E-state index contributed by atoms with van der Waals surface area (Å²) in [6, 6.07) is 4.36. The molecular weight excluding hydrogens is 153 g/mol. The van der Waals surface area contributed by atoms with Crippen LogP contribution in [0.4, 0.5) is 0 Å². The van der Waals surface area contributed by atoms with Gasteiger partial charge in [-0.15, -0.1) is 0 Å². The Morgan fingerprint density at radius 3 is 2.64 bits per heavy atom. The Morgan fingerprint density at radius 2 is 2.00 bits per heavy atom. The van der Waals surface area contributed by atoms with Gasteiger partial charge in [0.1, 0.15) is 0 Å². The number of aromatic amines is 1. The fourth-order valence-corrected chi connectivity index (χ4v) is 4.12. The first kappa shape index (κ1) is 7.36. The van der Waals surface area contributed by atoms with E-state index in [1.165, 1.54) is 37.0 Å². The topological polar surface area (TPSA) is 15.8 Å². The lowest BCUT2D eigenvalue weighted by Gasteiger charge is -2.20. The zero-order chi connectivity index (χ0) is 7.52. The largest absolute Gasteiger partial charge is 0.361 e. The molecule has 60 valence electrons. The van der Waals surface area contributed by atoms with Crippen molar-refractivity contribution in [3.8, 4) is 0 Å². The molecule has 0 saturated carbocycles. The zero-order valence-electron chi connectivity index (χ0n) is 6.71. The van der Waals surface area contributed by atoms with Crippen LogP contribution in [0.5, 0.6) is 0 Å². The van der Waals surface area contributed by atoms with Gasteiger partial charge in [-0.2, -0.15) is 0 Å². The minimum Gasteiger partial charge on any atom is -0.361 e. The predicted molar refractivity (Wildman–Crippen MR) is 50.9 cm³/mol. The Bertz CT molecular complexity index is 199. The molecule has 0 bridgehead atoms. The van der Waals surface area contributed by atoms with E-state index in [4.69, 9.17) is 0 Å². The van der Waals surface area contributed by atoms with E-state index in [1.807, 2.05) is 6.20 Å². The van der Waals surface area contributed by atoms with Crippen LogP contribution in [0.25, 0.3) is 0 Å². The molecule has 0 spiro atoms. The molecular formula is C9H14NP. The van der Waals surface area contributed by atoms with Gasteiger partial charge in [0, 0.05) is 11.6 Å². The van der Waals surface area contributed by atoms with Crippen LogP contribution in [-0.2, 0) is 0 Å². The summed E-state index contributed by atoms with van der Waals surface area (Å²) in [7, 11) is 0.215. The van der Waals surface area contributed by atoms with E-state index in [0.717, 1.165) is 0 Å². The fourth-order valence-electron chi connectivity index (χ4n) is 1.65. The molecule has 1 N–H and O–H groups in total. The van der Waals surface area contributed by atoms with Crippen molar-refractivity contribution in [2.75, 3.05) is 12.3 Å². The molecule has 0 unspecified atom stereocenters. The van der Waals surface area contributed by atoms with Crippen LogP contribution >= 0.6 is 7.92 Å². The second kappa shape index (κ2) is 3.40. The lowest BCUT2D eigenvalue weighted by atomic mass is 10.3. The first-order chi connectivity index (χ1) is 5.47. The van der Waals surface area contributed by atoms with Crippen molar-refractivity contribution in [3.05, 3.63) is 18.3 Å². The standard InChI is InChI=1S/C9H14NP/c1-2-7-11(8-3-1)9-5-4-6-10-9/h4-6,10H,1-3,7-8H2. The van der Waals surface area contributed by atoms with Crippen molar-refractivity contribution in [2.45, 2.75) is 19.3 Å². The van der Waals surface area contributed by atoms with Crippen molar-refractivity contribution in [1.29, 1.82) is 0 Å². The van der Waals surface area contributed by atoms with E-state index < -0.39 is 0 Å². The Hall–Kier alpha value is -0.290. The third-order valence-corrected chi connectivity index (χ3v) is 4.95. The Morgan fingerprint density at radius 1 is 1.18 bits per heavy atom. The zero-order valence-corrected chi connectivity index (χ0v) is 7.61. The second-order valence-corrected chi connectivity index (χ2v) is 5.56. The van der Waals surface area contributed by atoms with Gasteiger partial charge >= 0.3 is 0 Å². The molecule has 1 aliphatic rings. The van der Waals surface area contributed by atoms with Crippen LogP contribution in [0.15, 0.2) is 18.3 Å². The van der Waals surface area contributed by atoms with E-state index in [-0.39, 0.29) is 7.92 Å². The van der Waals surface area contributed by atoms with Crippen molar-refractivity contribution in [1.82, 2.24) is 4.98 Å². The summed E-state index contributed by atoms with van der Waals surface area (Å²) < 4.78 is 0. The molecule has 1 aromatic rings. The highest BCUT2D eigenvalue weighted by molar-refractivity contribution is 7.65. The van der Waals surface area contributed by atoms with Crippen molar-refractivity contribution >= 4 is 13.4 Å². The minimum absolute atomic E-state index is 0.215. The van der Waals surface area contributed by atoms with Gasteiger partial charge in [-0.25, -0.2) is 0 Å². The van der Waals surface area contributed by atoms with Gasteiger partial charge in [0.25, 0.3) is 0 Å². The highest BCUT2D eigenvalue weighted by Crippen LogP contribution is 2.39. The number of H-pyrrole nitrogens is 1. The van der Waals surface area contributed by atoms with Crippen molar-refractivity contribution < 1.29 is 0 Å². The van der Waals surface area contributed by atoms with E-state index in [2.05, 4.69) is 17.1 Å². The summed E-state index contributed by atoms with van der Waals surface area (Å²) in [5.41, 5.74) is 1.51. The molecule has 0 radical (unpaired) electrons. The SMILES string of the molecule is c1c[nH]c(P2CCCCC2)c1. The highest BCUT2D eigenvalue weighted by atomic mass is 31.1. The van der Waals surface area contributed by atoms with Gasteiger partial charge < -0.3 is 4.98 Å². The van der Waals surface area contributed by atoms with Crippen LogP contribution in [0.3, 0.4) is 0 Å². The molecule has 2 heteroatoms. The van der Waals surface area contributed by atoms with Gasteiger partial charge in [0.15, 0.2) is 0 Å². The molecule has 11 heavy (non-hydrogen) atoms. The third kappa shape index (κ3) is 1.65. The first-order valence-corrected chi connectivity index (χ1v) is 6.06. The number of hydrogen-bond acceptors (Lipinski definition) is 0. The number of hydrogen-bond donors (Lipinski definition) is 1. The summed E-state index contributed by atoms with van der Waals surface area (Å²) in [6.45, 7) is 0. The monoisotopic (exact) mass is 167 g/mol. The smallest absolute Gasteiger partial charge is 0.0383 e. The van der Waals surface area contributed by atoms with E-state index in [9.17, 15) is 0 Å². The summed E-state index contributed by atoms with van der Waals surface area (Å²) in [5.74, 6) is 0. The van der Waals surface area contributed by atoms with Gasteiger partial charge in [0.05, 0.1) is 0 Å². The number of nitrogens with one attached hydrogen (secondary N) is 1. The lowest BCUT2D eigenvalue weighted by Crippen LogP contribution is -2.10. The first-order valence-electron chi connectivity index (χ1n) is 4.35. The molecule has 0 amide bonds. The second-order valence-electron chi connectivity index (χ2n) is 3.10. The van der Waals surface area contributed by atoms with Gasteiger partial charge in [-0.05, 0) is 37.3 Å². The molecule has 1 aliphatic heterocycles. The highest BCUT2D eigenvalue weighted by Gasteiger charge is 2.14. The molecule has 0 atom stereocenters. The molecule has 1 saturated heterocycles. The maximum absolute atomic E-state index is 3.34. The van der Waals surface area contributed by atoms with Gasteiger partial charge in [-0.3, -0.25) is 0 Å². The average Bonchev–Trinajstić information content (AvgIpc) is 2.58. The molecule has 2 rings (SSSR count). The van der Waals surface area contributed by atoms with Crippen molar-refractivity contribution in [2.24, 2.45) is 0 Å². The van der Waals surface area contributed by atoms with Gasteiger partial charge in [-0.1, -0.05) is 14.3 Å². The maximum Gasteiger partial charge on any atom is 0.0383 e. The molecule has 1 fully saturated rings. The summed E-state index contributed by atoms with van der Waals surface area (Å²) in [4.78, 5) is 3.34. The minimum atomic E-state index is 0.215. The predicted octanol–water partition coefficient (Wildman–Crippen LogP) is 2.31. The molecule has 2 heterocycles. The van der Waals surface area contributed by atoms with Crippen molar-refractivity contribution in [3.63, 3.8) is 0 Å². The van der Waals surface area contributed by atoms with Crippen LogP contribution in [-0.4, -0.2) is 17.3 Å². The molecule has 0 aliphatic carbocycles. The van der Waals surface area contributed by atoms with Crippen LogP contribution in [0, 0.1) is 0 Å².